The van der Waals surface area contributed by atoms with E-state index in [9.17, 15) is 4.79 Å². The number of likely N-dealkylation sites (N-methyl/N-ethyl adjacent to an activating group) is 1. The Labute approximate surface area is 176 Å². The minimum absolute atomic E-state index is 0.0127. The van der Waals surface area contributed by atoms with Crippen molar-refractivity contribution in [1.82, 2.24) is 20.2 Å². The number of ether oxygens (including phenoxy) is 1. The summed E-state index contributed by atoms with van der Waals surface area (Å²) >= 11 is 0. The number of benzene rings is 1. The number of carbonyl (C=O) groups is 1. The maximum atomic E-state index is 13.0. The minimum atomic E-state index is -0.749. The largest absolute Gasteiger partial charge is 0.487 e. The summed E-state index contributed by atoms with van der Waals surface area (Å²) in [6, 6.07) is 19.6. The number of nitrogens with zero attached hydrogens (tertiary/aromatic N) is 3. The van der Waals surface area contributed by atoms with Crippen molar-refractivity contribution in [2.45, 2.75) is 31.5 Å². The van der Waals surface area contributed by atoms with E-state index in [0.29, 0.717) is 13.2 Å². The van der Waals surface area contributed by atoms with Crippen LogP contribution in [0.25, 0.3) is 0 Å². The van der Waals surface area contributed by atoms with Gasteiger partial charge in [0.25, 0.3) is 0 Å². The van der Waals surface area contributed by atoms with Gasteiger partial charge in [-0.3, -0.25) is 19.7 Å². The number of rotatable bonds is 7. The average Bonchev–Trinajstić information content (AvgIpc) is 3.23. The predicted molar refractivity (Wildman–Crippen MR) is 115 cm³/mol. The second kappa shape index (κ2) is 9.05. The lowest BCUT2D eigenvalue weighted by Gasteiger charge is -2.36. The maximum Gasteiger partial charge on any atom is 0.246 e. The smallest absolute Gasteiger partial charge is 0.246 e. The Balaban J connectivity index is 1.54. The van der Waals surface area contributed by atoms with E-state index in [1.807, 2.05) is 54.6 Å². The van der Waals surface area contributed by atoms with Crippen LogP contribution in [-0.2, 0) is 23.5 Å². The molecule has 1 fully saturated rings. The zero-order valence-electron chi connectivity index (χ0n) is 17.1. The molecule has 0 aliphatic carbocycles. The second-order valence-electron chi connectivity index (χ2n) is 7.44. The first-order valence-electron chi connectivity index (χ1n) is 10.2. The van der Waals surface area contributed by atoms with Crippen LogP contribution in [0.2, 0.25) is 0 Å². The summed E-state index contributed by atoms with van der Waals surface area (Å²) in [5.41, 5.74) is 2.03. The number of amides is 1. The van der Waals surface area contributed by atoms with Crippen LogP contribution in [0.4, 0.5) is 0 Å². The van der Waals surface area contributed by atoms with E-state index in [0.717, 1.165) is 42.1 Å². The molecule has 2 aromatic heterocycles. The highest BCUT2D eigenvalue weighted by molar-refractivity contribution is 5.87. The van der Waals surface area contributed by atoms with Gasteiger partial charge in [-0.15, -0.1) is 0 Å². The van der Waals surface area contributed by atoms with Crippen molar-refractivity contribution in [3.63, 3.8) is 0 Å². The highest BCUT2D eigenvalue weighted by Crippen LogP contribution is 2.39. The first-order chi connectivity index (χ1) is 14.7. The van der Waals surface area contributed by atoms with E-state index in [1.165, 1.54) is 0 Å². The number of hydrogen-bond donors (Lipinski definition) is 1. The first-order valence-corrected chi connectivity index (χ1v) is 10.2. The Morgan fingerprint density at radius 2 is 1.93 bits per heavy atom. The zero-order valence-corrected chi connectivity index (χ0v) is 17.1. The van der Waals surface area contributed by atoms with Crippen LogP contribution in [0.1, 0.15) is 29.8 Å². The predicted octanol–water partition coefficient (Wildman–Crippen LogP) is 3.29. The highest BCUT2D eigenvalue weighted by Gasteiger charge is 2.49. The van der Waals surface area contributed by atoms with Crippen molar-refractivity contribution in [1.29, 1.82) is 0 Å². The van der Waals surface area contributed by atoms with Crippen LogP contribution in [0.15, 0.2) is 73.1 Å². The van der Waals surface area contributed by atoms with Gasteiger partial charge in [0.1, 0.15) is 17.9 Å². The number of nitrogens with one attached hydrogen (secondary N) is 1. The number of pyridine rings is 2. The molecule has 154 valence electrons. The van der Waals surface area contributed by atoms with Gasteiger partial charge in [0, 0.05) is 26.0 Å². The Kier molecular flexibility index (Phi) is 6.05. The highest BCUT2D eigenvalue weighted by atomic mass is 16.5. The van der Waals surface area contributed by atoms with Crippen LogP contribution in [0.3, 0.4) is 0 Å². The Bertz CT molecular complexity index is 981. The Morgan fingerprint density at radius 1 is 1.10 bits per heavy atom. The number of aromatic nitrogens is 2. The van der Waals surface area contributed by atoms with Crippen LogP contribution >= 0.6 is 0 Å². The molecule has 0 spiro atoms. The number of likely N-dealkylation sites (tertiary alicyclic amines) is 1. The molecule has 1 aliphatic rings. The number of carbonyl (C=O) groups excluding carboxylic acids is 1. The number of hydrogen-bond acceptors (Lipinski definition) is 5. The van der Waals surface area contributed by atoms with Gasteiger partial charge in [-0.25, -0.2) is 0 Å². The Hall–Kier alpha value is -3.25. The topological polar surface area (TPSA) is 67.4 Å². The molecule has 6 heteroatoms. The molecule has 4 rings (SSSR count). The van der Waals surface area contributed by atoms with Crippen molar-refractivity contribution < 1.29 is 9.53 Å². The van der Waals surface area contributed by atoms with E-state index in [4.69, 9.17) is 4.74 Å². The lowest BCUT2D eigenvalue weighted by molar-refractivity contribution is -0.132. The van der Waals surface area contributed by atoms with Gasteiger partial charge in [0.2, 0.25) is 5.91 Å². The molecule has 3 aromatic rings. The zero-order chi connectivity index (χ0) is 20.8. The van der Waals surface area contributed by atoms with E-state index in [2.05, 4.69) is 26.3 Å². The molecular weight excluding hydrogens is 376 g/mol. The molecule has 0 radical (unpaired) electrons. The van der Waals surface area contributed by atoms with Gasteiger partial charge in [-0.1, -0.05) is 24.3 Å². The fourth-order valence-electron chi connectivity index (χ4n) is 4.16. The normalized spacial score (nSPS) is 18.8. The van der Waals surface area contributed by atoms with Gasteiger partial charge < -0.3 is 10.1 Å². The quantitative estimate of drug-likeness (QED) is 0.657. The van der Waals surface area contributed by atoms with Gasteiger partial charge in [0.15, 0.2) is 0 Å². The summed E-state index contributed by atoms with van der Waals surface area (Å²) in [6.07, 6.45) is 5.21. The van der Waals surface area contributed by atoms with E-state index in [1.54, 1.807) is 19.4 Å². The summed E-state index contributed by atoms with van der Waals surface area (Å²) in [6.45, 7) is 1.90. The molecule has 1 aliphatic heterocycles. The minimum Gasteiger partial charge on any atom is -0.487 e. The van der Waals surface area contributed by atoms with E-state index >= 15 is 0 Å². The SMILES string of the molecule is CNC(=O)C1(c2ccccn2)CCCN1Cc1cccc(OCc2ccccn2)c1. The fourth-order valence-corrected chi connectivity index (χ4v) is 4.16. The van der Waals surface area contributed by atoms with Crippen LogP contribution in [0.5, 0.6) is 5.75 Å². The standard InChI is InChI=1S/C24H26N4O2/c1-25-23(29)24(22-11-3-5-14-27-22)12-7-15-28(24)17-19-8-6-10-21(16-19)30-18-20-9-2-4-13-26-20/h2-6,8-11,13-14,16H,7,12,15,17-18H2,1H3,(H,25,29). The van der Waals surface area contributed by atoms with Crippen molar-refractivity contribution in [3.8, 4) is 5.75 Å². The van der Waals surface area contributed by atoms with Crippen LogP contribution in [-0.4, -0.2) is 34.4 Å². The molecule has 1 amide bonds. The summed E-state index contributed by atoms with van der Waals surface area (Å²) < 4.78 is 5.93. The summed E-state index contributed by atoms with van der Waals surface area (Å²) in [5.74, 6) is 0.780. The third kappa shape index (κ3) is 4.04. The van der Waals surface area contributed by atoms with Gasteiger partial charge in [-0.05, 0) is 61.3 Å². The monoisotopic (exact) mass is 402 g/mol. The summed E-state index contributed by atoms with van der Waals surface area (Å²) in [4.78, 5) is 24.1. The van der Waals surface area contributed by atoms with Crippen LogP contribution in [0, 0.1) is 0 Å². The average molecular weight is 402 g/mol. The van der Waals surface area contributed by atoms with Crippen molar-refractivity contribution >= 4 is 5.91 Å². The lowest BCUT2D eigenvalue weighted by atomic mass is 9.89. The third-order valence-electron chi connectivity index (χ3n) is 5.58. The van der Waals surface area contributed by atoms with E-state index < -0.39 is 5.54 Å². The van der Waals surface area contributed by atoms with Crippen molar-refractivity contribution in [2.75, 3.05) is 13.6 Å². The van der Waals surface area contributed by atoms with Gasteiger partial charge >= 0.3 is 0 Å². The Morgan fingerprint density at radius 3 is 2.67 bits per heavy atom. The molecule has 1 N–H and O–H groups in total. The van der Waals surface area contributed by atoms with E-state index in [-0.39, 0.29) is 5.91 Å². The molecule has 1 saturated heterocycles. The molecule has 1 atom stereocenters. The molecule has 6 nitrogen and oxygen atoms in total. The van der Waals surface area contributed by atoms with Gasteiger partial charge in [-0.2, -0.15) is 0 Å². The first kappa shape index (κ1) is 20.0. The molecule has 0 saturated carbocycles. The molecular formula is C24H26N4O2. The second-order valence-corrected chi connectivity index (χ2v) is 7.44. The van der Waals surface area contributed by atoms with Crippen LogP contribution < -0.4 is 10.1 Å². The van der Waals surface area contributed by atoms with Gasteiger partial charge in [0.05, 0.1) is 11.4 Å². The summed E-state index contributed by atoms with van der Waals surface area (Å²) in [7, 11) is 1.69. The van der Waals surface area contributed by atoms with Crippen molar-refractivity contribution in [2.24, 2.45) is 0 Å². The lowest BCUT2D eigenvalue weighted by Crippen LogP contribution is -2.52. The molecule has 3 heterocycles. The maximum absolute atomic E-state index is 13.0. The molecule has 1 aromatic carbocycles. The molecule has 1 unspecified atom stereocenters. The fraction of sp³-hybridized carbons (Fsp3) is 0.292. The molecule has 30 heavy (non-hydrogen) atoms. The molecule has 0 bridgehead atoms. The third-order valence-corrected chi connectivity index (χ3v) is 5.58. The summed E-state index contributed by atoms with van der Waals surface area (Å²) in [5, 5.41) is 2.86. The van der Waals surface area contributed by atoms with Crippen molar-refractivity contribution in [3.05, 3.63) is 90.0 Å².